The number of carbonyl (C=O) groups excluding carboxylic acids is 3. The van der Waals surface area contributed by atoms with E-state index >= 15 is 0 Å². The third kappa shape index (κ3) is 3.95. The van der Waals surface area contributed by atoms with Crippen molar-refractivity contribution in [1.29, 1.82) is 0 Å². The normalized spacial score (nSPS) is 11.7. The lowest BCUT2D eigenvalue weighted by molar-refractivity contribution is -0.137. The first kappa shape index (κ1) is 18.1. The SMILES string of the molecule is Cc1[nH]cc(C(=O)NC(Cc2cc[nH]c2)C(=O)C(N)=O)c1-c1ccccn1. The molecule has 3 rings (SSSR count). The number of amides is 2. The van der Waals surface area contributed by atoms with Gasteiger partial charge in [0.25, 0.3) is 11.8 Å². The molecule has 0 bridgehead atoms. The summed E-state index contributed by atoms with van der Waals surface area (Å²) in [6.45, 7) is 1.83. The Kier molecular flexibility index (Phi) is 5.16. The summed E-state index contributed by atoms with van der Waals surface area (Å²) in [5.74, 6) is -2.43. The molecule has 138 valence electrons. The average Bonchev–Trinajstić information content (AvgIpc) is 3.30. The van der Waals surface area contributed by atoms with Crippen molar-refractivity contribution in [3.05, 3.63) is 65.9 Å². The van der Waals surface area contributed by atoms with E-state index in [0.29, 0.717) is 16.8 Å². The standard InChI is InChI=1S/C19H19N5O3/c1-11-16(14-4-2-3-6-22-14)13(10-23-11)19(27)24-15(17(25)18(20)26)8-12-5-7-21-9-12/h2-7,9-10,15,21,23H,8H2,1H3,(H2,20,26)(H,24,27). The zero-order chi connectivity index (χ0) is 19.4. The van der Waals surface area contributed by atoms with Crippen LogP contribution in [0, 0.1) is 6.92 Å². The summed E-state index contributed by atoms with van der Waals surface area (Å²) in [5.41, 5.74) is 8.28. The maximum Gasteiger partial charge on any atom is 0.287 e. The van der Waals surface area contributed by atoms with Crippen LogP contribution < -0.4 is 11.1 Å². The molecule has 2 amide bonds. The van der Waals surface area contributed by atoms with E-state index in [2.05, 4.69) is 20.3 Å². The molecular formula is C19H19N5O3. The number of hydrogen-bond donors (Lipinski definition) is 4. The summed E-state index contributed by atoms with van der Waals surface area (Å²) in [7, 11) is 0. The number of nitrogens with zero attached hydrogens (tertiary/aromatic N) is 1. The second kappa shape index (κ2) is 7.69. The van der Waals surface area contributed by atoms with E-state index in [1.54, 1.807) is 43.0 Å². The first-order valence-electron chi connectivity index (χ1n) is 8.33. The van der Waals surface area contributed by atoms with E-state index in [4.69, 9.17) is 5.73 Å². The van der Waals surface area contributed by atoms with Gasteiger partial charge in [0.2, 0.25) is 5.78 Å². The molecule has 0 fully saturated rings. The fraction of sp³-hybridized carbons (Fsp3) is 0.158. The highest BCUT2D eigenvalue weighted by Crippen LogP contribution is 2.25. The Balaban J connectivity index is 1.88. The zero-order valence-corrected chi connectivity index (χ0v) is 14.7. The van der Waals surface area contributed by atoms with Crippen LogP contribution in [0.1, 0.15) is 21.6 Å². The van der Waals surface area contributed by atoms with Crippen LogP contribution in [0.25, 0.3) is 11.3 Å². The number of Topliss-reactive ketones (excluding diaryl/α,β-unsaturated/α-hetero) is 1. The number of rotatable bonds is 7. The van der Waals surface area contributed by atoms with Gasteiger partial charge in [-0.3, -0.25) is 19.4 Å². The molecule has 27 heavy (non-hydrogen) atoms. The fourth-order valence-corrected chi connectivity index (χ4v) is 2.88. The van der Waals surface area contributed by atoms with Gasteiger partial charge >= 0.3 is 0 Å². The van der Waals surface area contributed by atoms with E-state index in [1.165, 1.54) is 0 Å². The first-order chi connectivity index (χ1) is 13.0. The molecule has 3 heterocycles. The van der Waals surface area contributed by atoms with Gasteiger partial charge in [-0.1, -0.05) is 6.07 Å². The van der Waals surface area contributed by atoms with Crippen LogP contribution >= 0.6 is 0 Å². The molecule has 0 aliphatic carbocycles. The van der Waals surface area contributed by atoms with Crippen LogP contribution in [-0.4, -0.2) is 38.6 Å². The van der Waals surface area contributed by atoms with E-state index in [-0.39, 0.29) is 6.42 Å². The van der Waals surface area contributed by atoms with Crippen LogP contribution in [-0.2, 0) is 16.0 Å². The van der Waals surface area contributed by atoms with Gasteiger partial charge in [0, 0.05) is 42.5 Å². The molecule has 0 radical (unpaired) electrons. The van der Waals surface area contributed by atoms with Gasteiger partial charge in [0.1, 0.15) is 6.04 Å². The minimum Gasteiger partial charge on any atom is -0.367 e. The van der Waals surface area contributed by atoms with Crippen molar-refractivity contribution >= 4 is 17.6 Å². The number of pyridine rings is 1. The highest BCUT2D eigenvalue weighted by atomic mass is 16.2. The minimum atomic E-state index is -1.09. The summed E-state index contributed by atoms with van der Waals surface area (Å²) < 4.78 is 0. The highest BCUT2D eigenvalue weighted by Gasteiger charge is 2.27. The van der Waals surface area contributed by atoms with Crippen molar-refractivity contribution in [3.8, 4) is 11.3 Å². The predicted molar refractivity (Wildman–Crippen MR) is 98.7 cm³/mol. The number of hydrogen-bond acceptors (Lipinski definition) is 4. The van der Waals surface area contributed by atoms with E-state index < -0.39 is 23.6 Å². The van der Waals surface area contributed by atoms with Crippen molar-refractivity contribution in [2.24, 2.45) is 5.73 Å². The lowest BCUT2D eigenvalue weighted by Crippen LogP contribution is -2.47. The predicted octanol–water partition coefficient (Wildman–Crippen LogP) is 1.11. The van der Waals surface area contributed by atoms with Gasteiger partial charge < -0.3 is 21.0 Å². The zero-order valence-electron chi connectivity index (χ0n) is 14.7. The number of aromatic nitrogens is 3. The van der Waals surface area contributed by atoms with Gasteiger partial charge in [-0.25, -0.2) is 0 Å². The molecule has 0 aliphatic rings. The quantitative estimate of drug-likeness (QED) is 0.467. The average molecular weight is 365 g/mol. The molecule has 0 spiro atoms. The lowest BCUT2D eigenvalue weighted by Gasteiger charge is -2.16. The van der Waals surface area contributed by atoms with E-state index in [0.717, 1.165) is 11.3 Å². The number of ketones is 1. The highest BCUT2D eigenvalue weighted by molar-refractivity contribution is 6.38. The molecule has 1 unspecified atom stereocenters. The Morgan fingerprint density at radius 3 is 2.67 bits per heavy atom. The first-order valence-corrected chi connectivity index (χ1v) is 8.33. The van der Waals surface area contributed by atoms with Crippen LogP contribution in [0.3, 0.4) is 0 Å². The summed E-state index contributed by atoms with van der Waals surface area (Å²) >= 11 is 0. The van der Waals surface area contributed by atoms with Gasteiger partial charge in [0.15, 0.2) is 0 Å². The molecule has 0 saturated heterocycles. The van der Waals surface area contributed by atoms with Crippen LogP contribution in [0.4, 0.5) is 0 Å². The van der Waals surface area contributed by atoms with Crippen molar-refractivity contribution in [1.82, 2.24) is 20.3 Å². The second-order valence-corrected chi connectivity index (χ2v) is 6.10. The van der Waals surface area contributed by atoms with Crippen molar-refractivity contribution in [2.75, 3.05) is 0 Å². The largest absolute Gasteiger partial charge is 0.367 e. The van der Waals surface area contributed by atoms with Crippen LogP contribution in [0.15, 0.2) is 49.1 Å². The molecule has 8 heteroatoms. The number of primary amides is 1. The maximum atomic E-state index is 12.8. The lowest BCUT2D eigenvalue weighted by atomic mass is 10.0. The van der Waals surface area contributed by atoms with E-state index in [1.807, 2.05) is 13.0 Å². The number of aryl methyl sites for hydroxylation is 1. The number of carbonyl (C=O) groups is 3. The van der Waals surface area contributed by atoms with E-state index in [9.17, 15) is 14.4 Å². The Morgan fingerprint density at radius 2 is 2.04 bits per heavy atom. The summed E-state index contributed by atoms with van der Waals surface area (Å²) in [6.07, 6.45) is 6.72. The number of nitrogens with two attached hydrogens (primary N) is 1. The molecule has 0 aliphatic heterocycles. The smallest absolute Gasteiger partial charge is 0.287 e. The van der Waals surface area contributed by atoms with Crippen molar-refractivity contribution < 1.29 is 14.4 Å². The number of aromatic amines is 2. The van der Waals surface area contributed by atoms with Gasteiger partial charge in [0.05, 0.1) is 11.3 Å². The fourth-order valence-electron chi connectivity index (χ4n) is 2.88. The van der Waals surface area contributed by atoms with Gasteiger partial charge in [-0.2, -0.15) is 0 Å². The summed E-state index contributed by atoms with van der Waals surface area (Å²) in [4.78, 5) is 46.6. The molecule has 0 aromatic carbocycles. The molecule has 0 saturated carbocycles. The number of nitrogens with one attached hydrogen (secondary N) is 3. The summed E-state index contributed by atoms with van der Waals surface area (Å²) in [5, 5.41) is 2.63. The Morgan fingerprint density at radius 1 is 1.22 bits per heavy atom. The molecular weight excluding hydrogens is 346 g/mol. The third-order valence-electron chi connectivity index (χ3n) is 4.21. The molecule has 5 N–H and O–H groups in total. The topological polar surface area (TPSA) is 134 Å². The molecule has 8 nitrogen and oxygen atoms in total. The molecule has 1 atom stereocenters. The molecule has 3 aromatic heterocycles. The maximum absolute atomic E-state index is 12.8. The third-order valence-corrected chi connectivity index (χ3v) is 4.21. The van der Waals surface area contributed by atoms with Crippen molar-refractivity contribution in [3.63, 3.8) is 0 Å². The Labute approximate surface area is 155 Å². The van der Waals surface area contributed by atoms with Crippen molar-refractivity contribution in [2.45, 2.75) is 19.4 Å². The molecule has 3 aromatic rings. The number of H-pyrrole nitrogens is 2. The minimum absolute atomic E-state index is 0.152. The summed E-state index contributed by atoms with van der Waals surface area (Å²) in [6, 6.07) is 6.09. The Bertz CT molecular complexity index is 961. The van der Waals surface area contributed by atoms with Crippen LogP contribution in [0.2, 0.25) is 0 Å². The van der Waals surface area contributed by atoms with Crippen LogP contribution in [0.5, 0.6) is 0 Å². The Hall–Kier alpha value is -3.68. The van der Waals surface area contributed by atoms with Gasteiger partial charge in [-0.05, 0) is 30.7 Å². The second-order valence-electron chi connectivity index (χ2n) is 6.10. The van der Waals surface area contributed by atoms with Gasteiger partial charge in [-0.15, -0.1) is 0 Å². The monoisotopic (exact) mass is 365 g/mol.